The average molecular weight is 412 g/mol. The third-order valence-corrected chi connectivity index (χ3v) is 5.56. The van der Waals surface area contributed by atoms with Crippen LogP contribution in [-0.4, -0.2) is 16.3 Å². The number of ether oxygens (including phenoxy) is 1. The number of unbranched alkanes of at least 4 members (excludes halogenated alkanes) is 2. The Balaban J connectivity index is 1.32. The highest BCUT2D eigenvalue weighted by Crippen LogP contribution is 2.28. The molecule has 4 rings (SSSR count). The second-order valence-corrected chi connectivity index (χ2v) is 7.88. The lowest BCUT2D eigenvalue weighted by molar-refractivity contribution is 0.305. The molecule has 0 aliphatic carbocycles. The molecule has 0 bridgehead atoms. The van der Waals surface area contributed by atoms with Crippen LogP contribution >= 0.6 is 0 Å². The smallest absolute Gasteiger partial charge is 0.119 e. The molecule has 0 aliphatic rings. The molecule has 1 heterocycles. The number of benzene rings is 3. The molecule has 1 N–H and O–H groups in total. The van der Waals surface area contributed by atoms with E-state index < -0.39 is 0 Å². The van der Waals surface area contributed by atoms with Gasteiger partial charge in [-0.25, -0.2) is 0 Å². The van der Waals surface area contributed by atoms with Gasteiger partial charge >= 0.3 is 0 Å². The summed E-state index contributed by atoms with van der Waals surface area (Å²) in [6, 6.07) is 30.5. The van der Waals surface area contributed by atoms with Gasteiger partial charge in [0.2, 0.25) is 0 Å². The molecule has 3 heteroatoms. The fourth-order valence-corrected chi connectivity index (χ4v) is 3.87. The molecule has 0 saturated heterocycles. The molecule has 3 aromatic carbocycles. The predicted molar refractivity (Wildman–Crippen MR) is 127 cm³/mol. The first-order chi connectivity index (χ1) is 15.2. The molecule has 1 aromatic heterocycles. The fourth-order valence-electron chi connectivity index (χ4n) is 3.87. The van der Waals surface area contributed by atoms with Crippen LogP contribution in [0, 0.1) is 6.92 Å². The van der Waals surface area contributed by atoms with Crippen LogP contribution in [0.25, 0.3) is 16.9 Å². The quantitative estimate of drug-likeness (QED) is 0.302. The van der Waals surface area contributed by atoms with Crippen molar-refractivity contribution < 1.29 is 9.84 Å². The lowest BCUT2D eigenvalue weighted by Gasteiger charge is -2.13. The first-order valence-corrected chi connectivity index (χ1v) is 11.0. The Morgan fingerprint density at radius 3 is 2.23 bits per heavy atom. The molecule has 0 saturated carbocycles. The Morgan fingerprint density at radius 2 is 1.48 bits per heavy atom. The number of phenolic OH excluding ortho intramolecular Hbond substituents is 1. The van der Waals surface area contributed by atoms with Crippen LogP contribution in [0.15, 0.2) is 91.0 Å². The zero-order valence-corrected chi connectivity index (χ0v) is 18.0. The molecule has 158 valence electrons. The number of hydrogen-bond donors (Lipinski definition) is 1. The number of aryl methyl sites for hydroxylation is 2. The van der Waals surface area contributed by atoms with Crippen LogP contribution < -0.4 is 4.74 Å². The molecule has 0 spiro atoms. The minimum atomic E-state index is 0.278. The van der Waals surface area contributed by atoms with E-state index in [2.05, 4.69) is 66.1 Å². The van der Waals surface area contributed by atoms with Crippen molar-refractivity contribution in [3.05, 3.63) is 102 Å². The largest absolute Gasteiger partial charge is 0.508 e. The third kappa shape index (κ3) is 5.37. The molecule has 3 nitrogen and oxygen atoms in total. The van der Waals surface area contributed by atoms with E-state index in [4.69, 9.17) is 4.74 Å². The topological polar surface area (TPSA) is 34.4 Å². The van der Waals surface area contributed by atoms with Gasteiger partial charge in [0.25, 0.3) is 0 Å². The molecule has 0 aliphatic heterocycles. The van der Waals surface area contributed by atoms with Crippen LogP contribution in [0.3, 0.4) is 0 Å². The van der Waals surface area contributed by atoms with Crippen molar-refractivity contribution in [2.24, 2.45) is 0 Å². The second-order valence-electron chi connectivity index (χ2n) is 7.88. The highest BCUT2D eigenvalue weighted by atomic mass is 16.5. The normalized spacial score (nSPS) is 10.9. The number of rotatable bonds is 9. The Kier molecular flexibility index (Phi) is 6.73. The summed E-state index contributed by atoms with van der Waals surface area (Å²) in [5, 5.41) is 9.58. The van der Waals surface area contributed by atoms with Crippen LogP contribution in [0.5, 0.6) is 11.5 Å². The average Bonchev–Trinajstić information content (AvgIpc) is 3.19. The lowest BCUT2D eigenvalue weighted by atomic mass is 10.1. The van der Waals surface area contributed by atoms with Gasteiger partial charge in [-0.15, -0.1) is 0 Å². The zero-order chi connectivity index (χ0) is 21.5. The van der Waals surface area contributed by atoms with Crippen molar-refractivity contribution in [3.63, 3.8) is 0 Å². The van der Waals surface area contributed by atoms with Crippen molar-refractivity contribution in [3.8, 4) is 28.4 Å². The summed E-state index contributed by atoms with van der Waals surface area (Å²) >= 11 is 0. The minimum absolute atomic E-state index is 0.278. The van der Waals surface area contributed by atoms with Gasteiger partial charge < -0.3 is 14.4 Å². The molecular formula is C28H29NO2. The maximum absolute atomic E-state index is 9.58. The Morgan fingerprint density at radius 1 is 0.742 bits per heavy atom. The van der Waals surface area contributed by atoms with E-state index in [1.165, 1.54) is 18.4 Å². The Hall–Kier alpha value is -3.46. The number of hydrogen-bond acceptors (Lipinski definition) is 2. The molecule has 0 unspecified atom stereocenters. The zero-order valence-electron chi connectivity index (χ0n) is 18.0. The van der Waals surface area contributed by atoms with Crippen molar-refractivity contribution in [2.45, 2.75) is 32.6 Å². The number of phenols is 1. The highest BCUT2D eigenvalue weighted by molar-refractivity contribution is 5.65. The monoisotopic (exact) mass is 411 g/mol. The van der Waals surface area contributed by atoms with Gasteiger partial charge in [-0.3, -0.25) is 0 Å². The first-order valence-electron chi connectivity index (χ1n) is 11.0. The standard InChI is InChI=1S/C28H29NO2/c1-22-11-20-28(24-12-16-26(30)17-13-24)29(22)25-14-18-27(19-15-25)31-21-7-3-6-10-23-8-4-2-5-9-23/h2,4-5,8-9,11-20,30H,3,6-7,10,21H2,1H3. The fraction of sp³-hybridized carbons (Fsp3) is 0.214. The maximum Gasteiger partial charge on any atom is 0.119 e. The summed E-state index contributed by atoms with van der Waals surface area (Å²) in [4.78, 5) is 0. The molecule has 0 fully saturated rings. The summed E-state index contributed by atoms with van der Waals surface area (Å²) in [7, 11) is 0. The van der Waals surface area contributed by atoms with E-state index in [1.54, 1.807) is 12.1 Å². The summed E-state index contributed by atoms with van der Waals surface area (Å²) in [5.41, 5.74) is 5.84. The molecule has 0 radical (unpaired) electrons. The predicted octanol–water partition coefficient (Wildman–Crippen LogP) is 6.95. The van der Waals surface area contributed by atoms with Crippen LogP contribution in [0.1, 0.15) is 30.5 Å². The molecule has 4 aromatic rings. The van der Waals surface area contributed by atoms with Gasteiger partial charge in [-0.1, -0.05) is 30.3 Å². The van der Waals surface area contributed by atoms with E-state index >= 15 is 0 Å². The minimum Gasteiger partial charge on any atom is -0.508 e. The summed E-state index contributed by atoms with van der Waals surface area (Å²) in [6.07, 6.45) is 4.57. The van der Waals surface area contributed by atoms with Crippen molar-refractivity contribution in [1.29, 1.82) is 0 Å². The van der Waals surface area contributed by atoms with E-state index in [-0.39, 0.29) is 5.75 Å². The van der Waals surface area contributed by atoms with Crippen LogP contribution in [0.2, 0.25) is 0 Å². The van der Waals surface area contributed by atoms with Gasteiger partial charge in [0.1, 0.15) is 11.5 Å². The van der Waals surface area contributed by atoms with E-state index in [9.17, 15) is 5.11 Å². The van der Waals surface area contributed by atoms with Crippen molar-refractivity contribution in [2.75, 3.05) is 6.61 Å². The van der Waals surface area contributed by atoms with Crippen LogP contribution in [0.4, 0.5) is 0 Å². The SMILES string of the molecule is Cc1ccc(-c2ccc(O)cc2)n1-c1ccc(OCCCCCc2ccccc2)cc1. The third-order valence-electron chi connectivity index (χ3n) is 5.56. The van der Waals surface area contributed by atoms with Gasteiger partial charge in [0, 0.05) is 11.4 Å². The second kappa shape index (κ2) is 10.0. The Labute approximate surface area is 184 Å². The number of aromatic hydroxyl groups is 1. The molecule has 31 heavy (non-hydrogen) atoms. The van der Waals surface area contributed by atoms with Gasteiger partial charge in [-0.2, -0.15) is 0 Å². The van der Waals surface area contributed by atoms with Crippen molar-refractivity contribution >= 4 is 0 Å². The summed E-state index contributed by atoms with van der Waals surface area (Å²) in [5.74, 6) is 1.18. The highest BCUT2D eigenvalue weighted by Gasteiger charge is 2.10. The van der Waals surface area contributed by atoms with E-state index in [0.29, 0.717) is 0 Å². The van der Waals surface area contributed by atoms with Gasteiger partial charge in [0.05, 0.1) is 12.3 Å². The molecular weight excluding hydrogens is 382 g/mol. The summed E-state index contributed by atoms with van der Waals surface area (Å²) < 4.78 is 8.17. The van der Waals surface area contributed by atoms with E-state index in [0.717, 1.165) is 47.8 Å². The van der Waals surface area contributed by atoms with Crippen LogP contribution in [-0.2, 0) is 6.42 Å². The number of nitrogens with zero attached hydrogens (tertiary/aromatic N) is 1. The van der Waals surface area contributed by atoms with Crippen molar-refractivity contribution in [1.82, 2.24) is 4.57 Å². The molecule has 0 atom stereocenters. The Bertz CT molecular complexity index is 1080. The maximum atomic E-state index is 9.58. The first kappa shape index (κ1) is 20.8. The van der Waals surface area contributed by atoms with E-state index in [1.807, 2.05) is 24.3 Å². The number of aromatic nitrogens is 1. The lowest BCUT2D eigenvalue weighted by Crippen LogP contribution is -2.00. The van der Waals surface area contributed by atoms with Gasteiger partial charge in [-0.05, 0) is 104 Å². The molecule has 0 amide bonds. The summed E-state index contributed by atoms with van der Waals surface area (Å²) in [6.45, 7) is 2.85. The van der Waals surface area contributed by atoms with Gasteiger partial charge in [0.15, 0.2) is 0 Å².